The Balaban J connectivity index is 2.38. The molecule has 4 nitrogen and oxygen atoms in total. The molecule has 1 aromatic heterocycles. The zero-order valence-electron chi connectivity index (χ0n) is 13.1. The Morgan fingerprint density at radius 3 is 2.64 bits per heavy atom. The Labute approximate surface area is 132 Å². The minimum Gasteiger partial charge on any atom is -0.326 e. The van der Waals surface area contributed by atoms with Crippen molar-refractivity contribution in [3.8, 4) is 6.07 Å². The molecule has 0 aliphatic heterocycles. The number of hydrogen-bond donors (Lipinski definition) is 0. The summed E-state index contributed by atoms with van der Waals surface area (Å²) in [6.07, 6.45) is 3.77. The van der Waals surface area contributed by atoms with E-state index in [0.29, 0.717) is 13.1 Å². The van der Waals surface area contributed by atoms with Gasteiger partial charge in [0.2, 0.25) is 0 Å². The standard InChI is InChI=1S/C18H22N4/c1-4-10-21(11-5-2)14-18-20-16-8-6-7-9-17(16)22(18)13-15(3)12-19/h4-9,15H,1-2,10-11,13-14H2,3H3. The molecule has 0 radical (unpaired) electrons. The van der Waals surface area contributed by atoms with E-state index in [1.807, 2.05) is 37.3 Å². The maximum atomic E-state index is 9.13. The molecule has 0 fully saturated rings. The summed E-state index contributed by atoms with van der Waals surface area (Å²) in [5.41, 5.74) is 2.05. The Bertz CT molecular complexity index is 683. The lowest BCUT2D eigenvalue weighted by Crippen LogP contribution is -2.25. The van der Waals surface area contributed by atoms with Crippen LogP contribution in [0.15, 0.2) is 49.6 Å². The van der Waals surface area contributed by atoms with Gasteiger partial charge in [-0.2, -0.15) is 5.26 Å². The van der Waals surface area contributed by atoms with Gasteiger partial charge >= 0.3 is 0 Å². The molecule has 0 N–H and O–H groups in total. The fourth-order valence-corrected chi connectivity index (χ4v) is 2.53. The van der Waals surface area contributed by atoms with Crippen LogP contribution in [0.2, 0.25) is 0 Å². The van der Waals surface area contributed by atoms with Gasteiger partial charge < -0.3 is 4.57 Å². The van der Waals surface area contributed by atoms with E-state index in [-0.39, 0.29) is 5.92 Å². The third-order valence-electron chi connectivity index (χ3n) is 3.55. The molecule has 114 valence electrons. The van der Waals surface area contributed by atoms with E-state index in [9.17, 15) is 0 Å². The summed E-state index contributed by atoms with van der Waals surface area (Å²) in [5, 5.41) is 9.13. The van der Waals surface area contributed by atoms with Gasteiger partial charge in [-0.3, -0.25) is 4.90 Å². The molecule has 1 atom stereocenters. The summed E-state index contributed by atoms with van der Waals surface area (Å²) in [6.45, 7) is 12.5. The fourth-order valence-electron chi connectivity index (χ4n) is 2.53. The maximum Gasteiger partial charge on any atom is 0.124 e. The van der Waals surface area contributed by atoms with E-state index in [2.05, 4.69) is 34.8 Å². The van der Waals surface area contributed by atoms with Gasteiger partial charge in [0.05, 0.1) is 29.6 Å². The van der Waals surface area contributed by atoms with Gasteiger partial charge in [0.1, 0.15) is 5.82 Å². The lowest BCUT2D eigenvalue weighted by atomic mass is 10.2. The first-order valence-electron chi connectivity index (χ1n) is 7.47. The molecule has 0 aliphatic rings. The van der Waals surface area contributed by atoms with E-state index in [4.69, 9.17) is 10.2 Å². The predicted octanol–water partition coefficient (Wildman–Crippen LogP) is 3.37. The van der Waals surface area contributed by atoms with Gasteiger partial charge in [0.15, 0.2) is 0 Å². The lowest BCUT2D eigenvalue weighted by molar-refractivity contribution is 0.312. The first-order chi connectivity index (χ1) is 10.7. The summed E-state index contributed by atoms with van der Waals surface area (Å²) in [7, 11) is 0. The van der Waals surface area contributed by atoms with Crippen molar-refractivity contribution >= 4 is 11.0 Å². The summed E-state index contributed by atoms with van der Waals surface area (Å²) >= 11 is 0. The average molecular weight is 294 g/mol. The Morgan fingerprint density at radius 1 is 1.32 bits per heavy atom. The number of benzene rings is 1. The Morgan fingerprint density at radius 2 is 2.00 bits per heavy atom. The van der Waals surface area contributed by atoms with Crippen molar-refractivity contribution in [3.05, 3.63) is 55.4 Å². The van der Waals surface area contributed by atoms with Crippen molar-refractivity contribution in [2.24, 2.45) is 5.92 Å². The third kappa shape index (κ3) is 3.63. The van der Waals surface area contributed by atoms with Crippen molar-refractivity contribution in [2.75, 3.05) is 13.1 Å². The largest absolute Gasteiger partial charge is 0.326 e. The van der Waals surface area contributed by atoms with Gasteiger partial charge in [-0.15, -0.1) is 13.2 Å². The lowest BCUT2D eigenvalue weighted by Gasteiger charge is -2.19. The van der Waals surface area contributed by atoms with Crippen LogP contribution in [0.25, 0.3) is 11.0 Å². The first kappa shape index (κ1) is 16.0. The number of fused-ring (bicyclic) bond motifs is 1. The van der Waals surface area contributed by atoms with E-state index < -0.39 is 0 Å². The quantitative estimate of drug-likeness (QED) is 0.701. The molecular weight excluding hydrogens is 272 g/mol. The van der Waals surface area contributed by atoms with E-state index in [0.717, 1.165) is 29.9 Å². The van der Waals surface area contributed by atoms with Gasteiger partial charge in [-0.1, -0.05) is 24.3 Å². The molecule has 2 rings (SSSR count). The molecule has 0 saturated heterocycles. The van der Waals surface area contributed by atoms with Gasteiger partial charge in [0, 0.05) is 19.6 Å². The molecule has 0 saturated carbocycles. The maximum absolute atomic E-state index is 9.13. The van der Waals surface area contributed by atoms with Crippen LogP contribution in [0.4, 0.5) is 0 Å². The predicted molar refractivity (Wildman–Crippen MR) is 90.2 cm³/mol. The number of nitrogens with zero attached hydrogens (tertiary/aromatic N) is 4. The molecule has 4 heteroatoms. The number of nitriles is 1. The van der Waals surface area contributed by atoms with Crippen LogP contribution in [-0.4, -0.2) is 27.5 Å². The molecule has 1 heterocycles. The zero-order chi connectivity index (χ0) is 15.9. The van der Waals surface area contributed by atoms with Gasteiger partial charge in [-0.25, -0.2) is 4.98 Å². The molecule has 0 spiro atoms. The monoisotopic (exact) mass is 294 g/mol. The van der Waals surface area contributed by atoms with E-state index in [1.165, 1.54) is 0 Å². The molecule has 1 aromatic carbocycles. The number of hydrogen-bond acceptors (Lipinski definition) is 3. The van der Waals surface area contributed by atoms with Crippen LogP contribution in [0.1, 0.15) is 12.7 Å². The minimum atomic E-state index is -0.0522. The molecular formula is C18H22N4. The molecule has 0 aliphatic carbocycles. The Kier molecular flexibility index (Phi) is 5.51. The highest BCUT2D eigenvalue weighted by molar-refractivity contribution is 5.75. The SMILES string of the molecule is C=CCN(CC=C)Cc1nc2ccccc2n1CC(C)C#N. The van der Waals surface area contributed by atoms with E-state index in [1.54, 1.807) is 0 Å². The molecule has 1 unspecified atom stereocenters. The van der Waals surface area contributed by atoms with Crippen LogP contribution in [0.5, 0.6) is 0 Å². The van der Waals surface area contributed by atoms with Crippen LogP contribution < -0.4 is 0 Å². The molecule has 22 heavy (non-hydrogen) atoms. The van der Waals surface area contributed by atoms with Crippen LogP contribution in [0, 0.1) is 17.2 Å². The second-order valence-corrected chi connectivity index (χ2v) is 5.43. The minimum absolute atomic E-state index is 0.0522. The van der Waals surface area contributed by atoms with Crippen molar-refractivity contribution in [1.82, 2.24) is 14.5 Å². The van der Waals surface area contributed by atoms with Crippen molar-refractivity contribution in [3.63, 3.8) is 0 Å². The Hall–Kier alpha value is -2.38. The molecule has 2 aromatic rings. The summed E-state index contributed by atoms with van der Waals surface area (Å²) in [5.74, 6) is 0.926. The van der Waals surface area contributed by atoms with Crippen LogP contribution in [-0.2, 0) is 13.1 Å². The average Bonchev–Trinajstić information content (AvgIpc) is 2.85. The highest BCUT2D eigenvalue weighted by Crippen LogP contribution is 2.19. The van der Waals surface area contributed by atoms with Gasteiger partial charge in [-0.05, 0) is 19.1 Å². The zero-order valence-corrected chi connectivity index (χ0v) is 13.1. The molecule has 0 amide bonds. The fraction of sp³-hybridized carbons (Fsp3) is 0.333. The number of aromatic nitrogens is 2. The number of imidazole rings is 1. The van der Waals surface area contributed by atoms with Crippen molar-refractivity contribution in [2.45, 2.75) is 20.0 Å². The second kappa shape index (κ2) is 7.58. The highest BCUT2D eigenvalue weighted by atomic mass is 15.2. The van der Waals surface area contributed by atoms with Crippen LogP contribution >= 0.6 is 0 Å². The molecule has 0 bridgehead atoms. The number of para-hydroxylation sites is 2. The topological polar surface area (TPSA) is 44.9 Å². The highest BCUT2D eigenvalue weighted by Gasteiger charge is 2.15. The summed E-state index contributed by atoms with van der Waals surface area (Å²) in [6, 6.07) is 10.4. The summed E-state index contributed by atoms with van der Waals surface area (Å²) < 4.78 is 2.16. The first-order valence-corrected chi connectivity index (χ1v) is 7.47. The van der Waals surface area contributed by atoms with Crippen molar-refractivity contribution < 1.29 is 0 Å². The summed E-state index contributed by atoms with van der Waals surface area (Å²) in [4.78, 5) is 6.96. The number of rotatable bonds is 8. The van der Waals surface area contributed by atoms with Crippen LogP contribution in [0.3, 0.4) is 0 Å². The second-order valence-electron chi connectivity index (χ2n) is 5.43. The van der Waals surface area contributed by atoms with Gasteiger partial charge in [0.25, 0.3) is 0 Å². The van der Waals surface area contributed by atoms with E-state index >= 15 is 0 Å². The smallest absolute Gasteiger partial charge is 0.124 e. The normalized spacial score (nSPS) is 12.2. The van der Waals surface area contributed by atoms with Crippen molar-refractivity contribution in [1.29, 1.82) is 5.26 Å². The third-order valence-corrected chi connectivity index (χ3v) is 3.55.